The number of hydrogen-bond acceptors (Lipinski definition) is 2. The minimum absolute atomic E-state index is 0.105. The van der Waals surface area contributed by atoms with E-state index in [0.717, 1.165) is 11.3 Å². The summed E-state index contributed by atoms with van der Waals surface area (Å²) < 4.78 is 40.6. The lowest BCUT2D eigenvalue weighted by atomic mass is 10.2. The van der Waals surface area contributed by atoms with E-state index in [9.17, 15) is 13.2 Å². The molecule has 0 atom stereocenters. The number of benzene rings is 1. The van der Waals surface area contributed by atoms with Gasteiger partial charge in [0, 0.05) is 13.0 Å². The Morgan fingerprint density at radius 2 is 2.06 bits per heavy atom. The molecule has 5 heteroatoms. The maximum Gasteiger partial charge on any atom is 0.389 e. The van der Waals surface area contributed by atoms with Gasteiger partial charge in [-0.15, -0.1) is 0 Å². The van der Waals surface area contributed by atoms with Gasteiger partial charge in [-0.2, -0.15) is 13.2 Å². The molecular weight excluding hydrogens is 231 g/mol. The Morgan fingerprint density at radius 1 is 1.29 bits per heavy atom. The van der Waals surface area contributed by atoms with Crippen molar-refractivity contribution < 1.29 is 17.9 Å². The molecule has 0 radical (unpaired) electrons. The van der Waals surface area contributed by atoms with Crippen LogP contribution in [-0.2, 0) is 6.54 Å². The maximum absolute atomic E-state index is 11.9. The minimum Gasteiger partial charge on any atom is -0.497 e. The fourth-order valence-electron chi connectivity index (χ4n) is 1.43. The lowest BCUT2D eigenvalue weighted by Crippen LogP contribution is -2.17. The van der Waals surface area contributed by atoms with Gasteiger partial charge in [-0.25, -0.2) is 0 Å². The number of methoxy groups -OCH3 is 1. The molecule has 0 saturated heterocycles. The molecule has 1 rings (SSSR count). The molecule has 96 valence electrons. The lowest BCUT2D eigenvalue weighted by Gasteiger charge is -2.08. The van der Waals surface area contributed by atoms with E-state index in [-0.39, 0.29) is 6.42 Å². The van der Waals surface area contributed by atoms with Gasteiger partial charge in [-0.3, -0.25) is 0 Å². The lowest BCUT2D eigenvalue weighted by molar-refractivity contribution is -0.135. The minimum atomic E-state index is -4.06. The monoisotopic (exact) mass is 247 g/mol. The van der Waals surface area contributed by atoms with Crippen molar-refractivity contribution in [1.82, 2.24) is 5.32 Å². The number of ether oxygens (including phenoxy) is 1. The molecule has 1 N–H and O–H groups in total. The molecule has 1 aromatic rings. The molecule has 0 aliphatic carbocycles. The number of rotatable bonds is 6. The molecule has 1 aromatic carbocycles. The number of halogens is 3. The van der Waals surface area contributed by atoms with E-state index in [1.54, 1.807) is 7.11 Å². The molecule has 0 saturated carbocycles. The average Bonchev–Trinajstić information content (AvgIpc) is 2.27. The third kappa shape index (κ3) is 6.16. The fourth-order valence-corrected chi connectivity index (χ4v) is 1.43. The highest BCUT2D eigenvalue weighted by Gasteiger charge is 2.25. The zero-order valence-electron chi connectivity index (χ0n) is 9.68. The van der Waals surface area contributed by atoms with Crippen LogP contribution in [0, 0.1) is 0 Å². The second-order valence-corrected chi connectivity index (χ2v) is 3.75. The number of alkyl halides is 3. The second kappa shape index (κ2) is 6.49. The highest BCUT2D eigenvalue weighted by atomic mass is 19.4. The van der Waals surface area contributed by atoms with Crippen LogP contribution in [0.15, 0.2) is 24.3 Å². The van der Waals surface area contributed by atoms with Gasteiger partial charge in [0.2, 0.25) is 0 Å². The van der Waals surface area contributed by atoms with Crippen molar-refractivity contribution in [1.29, 1.82) is 0 Å². The first-order valence-corrected chi connectivity index (χ1v) is 5.41. The second-order valence-electron chi connectivity index (χ2n) is 3.75. The van der Waals surface area contributed by atoms with Crippen LogP contribution in [0.4, 0.5) is 13.2 Å². The summed E-state index contributed by atoms with van der Waals surface area (Å²) in [5.74, 6) is 0.750. The number of nitrogens with one attached hydrogen (secondary N) is 1. The van der Waals surface area contributed by atoms with Crippen molar-refractivity contribution in [2.75, 3.05) is 13.7 Å². The van der Waals surface area contributed by atoms with Crippen molar-refractivity contribution in [3.05, 3.63) is 29.8 Å². The first-order valence-electron chi connectivity index (χ1n) is 5.41. The molecule has 0 amide bonds. The van der Waals surface area contributed by atoms with E-state index < -0.39 is 12.6 Å². The Morgan fingerprint density at radius 3 is 2.71 bits per heavy atom. The molecule has 0 spiro atoms. The van der Waals surface area contributed by atoms with Gasteiger partial charge in [0.25, 0.3) is 0 Å². The summed E-state index contributed by atoms with van der Waals surface area (Å²) in [6, 6.07) is 7.44. The van der Waals surface area contributed by atoms with Crippen LogP contribution in [0.1, 0.15) is 18.4 Å². The van der Waals surface area contributed by atoms with Gasteiger partial charge >= 0.3 is 6.18 Å². The molecule has 0 fully saturated rings. The smallest absolute Gasteiger partial charge is 0.389 e. The van der Waals surface area contributed by atoms with Crippen LogP contribution in [0.5, 0.6) is 5.75 Å². The van der Waals surface area contributed by atoms with E-state index in [0.29, 0.717) is 13.1 Å². The van der Waals surface area contributed by atoms with Crippen molar-refractivity contribution in [2.24, 2.45) is 0 Å². The molecule has 0 heterocycles. The van der Waals surface area contributed by atoms with E-state index in [1.165, 1.54) is 0 Å². The van der Waals surface area contributed by atoms with Crippen LogP contribution >= 0.6 is 0 Å². The predicted molar refractivity (Wildman–Crippen MR) is 60.0 cm³/mol. The van der Waals surface area contributed by atoms with Crippen molar-refractivity contribution in [3.8, 4) is 5.75 Å². The largest absolute Gasteiger partial charge is 0.497 e. The summed E-state index contributed by atoms with van der Waals surface area (Å²) in [7, 11) is 1.58. The topological polar surface area (TPSA) is 21.3 Å². The zero-order chi connectivity index (χ0) is 12.7. The Balaban J connectivity index is 2.22. The maximum atomic E-state index is 11.9. The highest BCUT2D eigenvalue weighted by Crippen LogP contribution is 2.20. The molecule has 17 heavy (non-hydrogen) atoms. The van der Waals surface area contributed by atoms with Crippen molar-refractivity contribution in [3.63, 3.8) is 0 Å². The third-order valence-corrected chi connectivity index (χ3v) is 2.28. The van der Waals surface area contributed by atoms with Gasteiger partial charge in [0.15, 0.2) is 0 Å². The summed E-state index contributed by atoms with van der Waals surface area (Å²) in [6.45, 7) is 0.909. The van der Waals surface area contributed by atoms with Gasteiger partial charge < -0.3 is 10.1 Å². The first kappa shape index (κ1) is 13.8. The Hall–Kier alpha value is -1.23. The summed E-state index contributed by atoms with van der Waals surface area (Å²) in [5, 5.41) is 2.97. The predicted octanol–water partition coefficient (Wildman–Crippen LogP) is 3.13. The van der Waals surface area contributed by atoms with E-state index in [2.05, 4.69) is 5.32 Å². The third-order valence-electron chi connectivity index (χ3n) is 2.28. The summed E-state index contributed by atoms with van der Waals surface area (Å²) in [6.07, 6.45) is -4.69. The summed E-state index contributed by atoms with van der Waals surface area (Å²) in [5.41, 5.74) is 0.997. The first-order chi connectivity index (χ1) is 8.01. The summed E-state index contributed by atoms with van der Waals surface area (Å²) in [4.78, 5) is 0. The van der Waals surface area contributed by atoms with E-state index in [1.807, 2.05) is 24.3 Å². The Bertz CT molecular complexity index is 339. The fraction of sp³-hybridized carbons (Fsp3) is 0.500. The molecule has 0 aromatic heterocycles. The van der Waals surface area contributed by atoms with Crippen molar-refractivity contribution in [2.45, 2.75) is 25.6 Å². The van der Waals surface area contributed by atoms with Crippen LogP contribution in [0.25, 0.3) is 0 Å². The highest BCUT2D eigenvalue weighted by molar-refractivity contribution is 5.28. The van der Waals surface area contributed by atoms with Crippen LogP contribution in [-0.4, -0.2) is 19.8 Å². The number of hydrogen-bond donors (Lipinski definition) is 1. The molecule has 0 unspecified atom stereocenters. The van der Waals surface area contributed by atoms with Gasteiger partial charge in [-0.05, 0) is 30.7 Å². The average molecular weight is 247 g/mol. The molecule has 0 aliphatic rings. The summed E-state index contributed by atoms with van der Waals surface area (Å²) >= 11 is 0. The van der Waals surface area contributed by atoms with Crippen molar-refractivity contribution >= 4 is 0 Å². The molecule has 0 aliphatic heterocycles. The van der Waals surface area contributed by atoms with Gasteiger partial charge in [0.1, 0.15) is 5.75 Å². The molecule has 0 bridgehead atoms. The Labute approximate surface area is 98.8 Å². The van der Waals surface area contributed by atoms with Crippen LogP contribution in [0.3, 0.4) is 0 Å². The van der Waals surface area contributed by atoms with Gasteiger partial charge in [-0.1, -0.05) is 12.1 Å². The zero-order valence-corrected chi connectivity index (χ0v) is 9.68. The SMILES string of the molecule is COc1cccc(CNCCCC(F)(F)F)c1. The molecular formula is C12H16F3NO. The standard InChI is InChI=1S/C12H16F3NO/c1-17-11-5-2-4-10(8-11)9-16-7-3-6-12(13,14)15/h2,4-5,8,16H,3,6-7,9H2,1H3. The van der Waals surface area contributed by atoms with E-state index in [4.69, 9.17) is 4.74 Å². The molecule has 2 nitrogen and oxygen atoms in total. The quantitative estimate of drug-likeness (QED) is 0.780. The Kier molecular flexibility index (Phi) is 5.28. The van der Waals surface area contributed by atoms with Crippen LogP contribution < -0.4 is 10.1 Å². The normalized spacial score (nSPS) is 11.5. The van der Waals surface area contributed by atoms with Gasteiger partial charge in [0.05, 0.1) is 7.11 Å². The van der Waals surface area contributed by atoms with E-state index >= 15 is 0 Å². The van der Waals surface area contributed by atoms with Crippen LogP contribution in [0.2, 0.25) is 0 Å².